The molecule has 0 saturated heterocycles. The number of hydrogen-bond acceptors (Lipinski definition) is 5. The molecule has 0 radical (unpaired) electrons. The van der Waals surface area contributed by atoms with Crippen molar-refractivity contribution in [1.29, 1.82) is 0 Å². The number of nitro benzene ring substituents is 1. The van der Waals surface area contributed by atoms with Gasteiger partial charge in [-0.3, -0.25) is 10.1 Å². The van der Waals surface area contributed by atoms with Crippen molar-refractivity contribution in [2.24, 2.45) is 5.73 Å². The molecular formula is C9H12ClN3O4S. The molecule has 1 aromatic rings. The number of non-ortho nitro benzene ring substituents is 1. The van der Waals surface area contributed by atoms with Gasteiger partial charge in [0.25, 0.3) is 5.69 Å². The molecule has 0 aliphatic carbocycles. The molecule has 0 atom stereocenters. The van der Waals surface area contributed by atoms with Crippen molar-refractivity contribution in [2.75, 3.05) is 20.1 Å². The van der Waals surface area contributed by atoms with E-state index in [9.17, 15) is 18.5 Å². The van der Waals surface area contributed by atoms with Crippen molar-refractivity contribution >= 4 is 27.3 Å². The van der Waals surface area contributed by atoms with E-state index in [4.69, 9.17) is 17.3 Å². The number of likely N-dealkylation sites (N-methyl/N-ethyl adjacent to an activating group) is 1. The molecule has 100 valence electrons. The van der Waals surface area contributed by atoms with Crippen LogP contribution in [0.25, 0.3) is 0 Å². The first-order valence-electron chi connectivity index (χ1n) is 4.91. The van der Waals surface area contributed by atoms with Gasteiger partial charge in [0.05, 0.1) is 9.95 Å². The van der Waals surface area contributed by atoms with E-state index in [1.165, 1.54) is 7.05 Å². The van der Waals surface area contributed by atoms with Crippen LogP contribution in [0.1, 0.15) is 0 Å². The maximum Gasteiger partial charge on any atom is 0.271 e. The lowest BCUT2D eigenvalue weighted by atomic mass is 10.3. The summed E-state index contributed by atoms with van der Waals surface area (Å²) >= 11 is 5.76. The van der Waals surface area contributed by atoms with Crippen molar-refractivity contribution in [3.63, 3.8) is 0 Å². The van der Waals surface area contributed by atoms with E-state index in [-0.39, 0.29) is 28.7 Å². The monoisotopic (exact) mass is 293 g/mol. The zero-order chi connectivity index (χ0) is 13.9. The lowest BCUT2D eigenvalue weighted by Crippen LogP contribution is -2.31. The molecule has 1 aromatic carbocycles. The molecule has 0 amide bonds. The quantitative estimate of drug-likeness (QED) is 0.639. The van der Waals surface area contributed by atoms with E-state index in [1.807, 2.05) is 0 Å². The highest BCUT2D eigenvalue weighted by molar-refractivity contribution is 7.89. The van der Waals surface area contributed by atoms with Crippen molar-refractivity contribution in [2.45, 2.75) is 4.90 Å². The van der Waals surface area contributed by atoms with E-state index in [0.717, 1.165) is 22.5 Å². The Bertz CT molecular complexity index is 561. The number of nitrogens with zero attached hydrogens (tertiary/aromatic N) is 2. The van der Waals surface area contributed by atoms with Gasteiger partial charge >= 0.3 is 0 Å². The van der Waals surface area contributed by atoms with Gasteiger partial charge in [-0.25, -0.2) is 8.42 Å². The Morgan fingerprint density at radius 1 is 1.50 bits per heavy atom. The van der Waals surface area contributed by atoms with Crippen LogP contribution in [0.2, 0.25) is 5.02 Å². The first-order valence-corrected chi connectivity index (χ1v) is 6.73. The van der Waals surface area contributed by atoms with Crippen molar-refractivity contribution in [1.82, 2.24) is 4.31 Å². The summed E-state index contributed by atoms with van der Waals surface area (Å²) in [5.41, 5.74) is 5.01. The molecular weight excluding hydrogens is 282 g/mol. The average Bonchev–Trinajstić information content (AvgIpc) is 2.28. The largest absolute Gasteiger partial charge is 0.329 e. The zero-order valence-electron chi connectivity index (χ0n) is 9.54. The summed E-state index contributed by atoms with van der Waals surface area (Å²) in [5.74, 6) is 0. The molecule has 0 unspecified atom stereocenters. The predicted molar refractivity (Wildman–Crippen MR) is 67.0 cm³/mol. The summed E-state index contributed by atoms with van der Waals surface area (Å²) < 4.78 is 25.1. The van der Waals surface area contributed by atoms with E-state index >= 15 is 0 Å². The molecule has 0 aliphatic heterocycles. The fourth-order valence-electron chi connectivity index (χ4n) is 1.28. The Hall–Kier alpha value is -1.22. The fraction of sp³-hybridized carbons (Fsp3) is 0.333. The van der Waals surface area contributed by atoms with Crippen LogP contribution in [-0.4, -0.2) is 37.8 Å². The maximum absolute atomic E-state index is 12.0. The minimum atomic E-state index is -3.78. The smallest absolute Gasteiger partial charge is 0.271 e. The van der Waals surface area contributed by atoms with Gasteiger partial charge in [-0.15, -0.1) is 0 Å². The van der Waals surface area contributed by atoms with Gasteiger partial charge in [0, 0.05) is 32.3 Å². The molecule has 0 aromatic heterocycles. The fourth-order valence-corrected chi connectivity index (χ4v) is 2.98. The van der Waals surface area contributed by atoms with E-state index in [0.29, 0.717) is 0 Å². The minimum Gasteiger partial charge on any atom is -0.329 e. The predicted octanol–water partition coefficient (Wildman–Crippen LogP) is 0.827. The average molecular weight is 294 g/mol. The Kier molecular flexibility index (Phi) is 4.63. The van der Waals surface area contributed by atoms with E-state index in [1.54, 1.807) is 0 Å². The third kappa shape index (κ3) is 2.96. The SMILES string of the molecule is CN(CCN)S(=O)(=O)c1ccc([N+](=O)[O-])cc1Cl. The second-order valence-corrected chi connectivity index (χ2v) is 5.91. The maximum atomic E-state index is 12.0. The molecule has 0 fully saturated rings. The summed E-state index contributed by atoms with van der Waals surface area (Å²) in [6.07, 6.45) is 0. The van der Waals surface area contributed by atoms with Crippen LogP contribution in [0.15, 0.2) is 23.1 Å². The highest BCUT2D eigenvalue weighted by Gasteiger charge is 2.24. The van der Waals surface area contributed by atoms with Crippen LogP contribution in [0.3, 0.4) is 0 Å². The summed E-state index contributed by atoms with van der Waals surface area (Å²) in [4.78, 5) is 9.70. The first-order chi connectivity index (χ1) is 8.30. The summed E-state index contributed by atoms with van der Waals surface area (Å²) in [7, 11) is -2.41. The lowest BCUT2D eigenvalue weighted by Gasteiger charge is -2.16. The number of nitro groups is 1. The first kappa shape index (κ1) is 14.8. The van der Waals surface area contributed by atoms with E-state index in [2.05, 4.69) is 0 Å². The Labute approximate surface area is 109 Å². The van der Waals surface area contributed by atoms with Gasteiger partial charge in [0.1, 0.15) is 4.90 Å². The highest BCUT2D eigenvalue weighted by atomic mass is 35.5. The molecule has 0 heterocycles. The molecule has 0 aliphatic rings. The second kappa shape index (κ2) is 5.61. The van der Waals surface area contributed by atoms with Crippen LogP contribution in [0.4, 0.5) is 5.69 Å². The molecule has 9 heteroatoms. The number of benzene rings is 1. The Morgan fingerprint density at radius 3 is 2.56 bits per heavy atom. The summed E-state index contributed by atoms with van der Waals surface area (Å²) in [5, 5.41) is 10.3. The number of sulfonamides is 1. The summed E-state index contributed by atoms with van der Waals surface area (Å²) in [6, 6.07) is 3.21. The molecule has 0 saturated carbocycles. The van der Waals surface area contributed by atoms with Crippen LogP contribution in [0.5, 0.6) is 0 Å². The third-order valence-corrected chi connectivity index (χ3v) is 4.60. The van der Waals surface area contributed by atoms with Gasteiger partial charge in [-0.2, -0.15) is 4.31 Å². The highest BCUT2D eigenvalue weighted by Crippen LogP contribution is 2.27. The lowest BCUT2D eigenvalue weighted by molar-refractivity contribution is -0.384. The zero-order valence-corrected chi connectivity index (χ0v) is 11.1. The van der Waals surface area contributed by atoms with E-state index < -0.39 is 14.9 Å². The van der Waals surface area contributed by atoms with Crippen LogP contribution < -0.4 is 5.73 Å². The number of nitrogens with two attached hydrogens (primary N) is 1. The molecule has 0 spiro atoms. The van der Waals surface area contributed by atoms with Gasteiger partial charge < -0.3 is 5.73 Å². The van der Waals surface area contributed by atoms with Gasteiger partial charge in [-0.05, 0) is 6.07 Å². The van der Waals surface area contributed by atoms with Crippen molar-refractivity contribution < 1.29 is 13.3 Å². The minimum absolute atomic E-state index is 0.135. The molecule has 1 rings (SSSR count). The third-order valence-electron chi connectivity index (χ3n) is 2.26. The van der Waals surface area contributed by atoms with Gasteiger partial charge in [0.2, 0.25) is 10.0 Å². The number of hydrogen-bond donors (Lipinski definition) is 1. The van der Waals surface area contributed by atoms with Crippen molar-refractivity contribution in [3.05, 3.63) is 33.3 Å². The number of halogens is 1. The van der Waals surface area contributed by atoms with Crippen LogP contribution >= 0.6 is 11.6 Å². The second-order valence-electron chi connectivity index (χ2n) is 3.49. The van der Waals surface area contributed by atoms with Crippen molar-refractivity contribution in [3.8, 4) is 0 Å². The Balaban J connectivity index is 3.22. The number of rotatable bonds is 5. The molecule has 7 nitrogen and oxygen atoms in total. The molecule has 0 bridgehead atoms. The normalized spacial score (nSPS) is 11.8. The standard InChI is InChI=1S/C9H12ClN3O4S/c1-12(5-4-11)18(16,17)9-3-2-7(13(14)15)6-8(9)10/h2-3,6H,4-5,11H2,1H3. The summed E-state index contributed by atoms with van der Waals surface area (Å²) in [6.45, 7) is 0.302. The topological polar surface area (TPSA) is 107 Å². The molecule has 18 heavy (non-hydrogen) atoms. The van der Waals surface area contributed by atoms with Gasteiger partial charge in [0.15, 0.2) is 0 Å². The Morgan fingerprint density at radius 2 is 2.11 bits per heavy atom. The van der Waals surface area contributed by atoms with Crippen LogP contribution in [-0.2, 0) is 10.0 Å². The molecule has 2 N–H and O–H groups in total. The van der Waals surface area contributed by atoms with Crippen LogP contribution in [0, 0.1) is 10.1 Å². The van der Waals surface area contributed by atoms with Gasteiger partial charge in [-0.1, -0.05) is 11.6 Å².